The van der Waals surface area contributed by atoms with Crippen molar-refractivity contribution in [1.29, 1.82) is 0 Å². The highest BCUT2D eigenvalue weighted by Crippen LogP contribution is 2.37. The Labute approximate surface area is 175 Å². The van der Waals surface area contributed by atoms with Crippen molar-refractivity contribution in [2.45, 2.75) is 19.9 Å². The molecule has 1 amide bonds. The maximum absolute atomic E-state index is 12.7. The third-order valence-corrected chi connectivity index (χ3v) is 5.57. The van der Waals surface area contributed by atoms with Crippen LogP contribution in [0.1, 0.15) is 23.7 Å². The number of thiazole rings is 1. The highest BCUT2D eigenvalue weighted by molar-refractivity contribution is 7.16. The zero-order chi connectivity index (χ0) is 20.4. The van der Waals surface area contributed by atoms with E-state index in [1.807, 2.05) is 16.7 Å². The molecule has 1 aliphatic rings. The Kier molecular flexibility index (Phi) is 5.55. The van der Waals surface area contributed by atoms with Crippen LogP contribution in [-0.2, 0) is 16.1 Å². The van der Waals surface area contributed by atoms with E-state index in [1.54, 1.807) is 31.2 Å². The normalized spacial score (nSPS) is 13.1. The van der Waals surface area contributed by atoms with E-state index < -0.39 is 5.91 Å². The number of fused-ring (bicyclic) bond motifs is 2. The average Bonchev–Trinajstić information content (AvgIpc) is 3.28. The second-order valence-corrected chi connectivity index (χ2v) is 7.64. The Morgan fingerprint density at radius 1 is 1.24 bits per heavy atom. The molecule has 0 atom stereocenters. The number of carbonyl (C=O) groups is 2. The summed E-state index contributed by atoms with van der Waals surface area (Å²) in [5.74, 6) is 0.535. The molecule has 0 bridgehead atoms. The van der Waals surface area contributed by atoms with Crippen LogP contribution in [-0.4, -0.2) is 29.8 Å². The molecule has 2 aromatic carbocycles. The quantitative estimate of drug-likeness (QED) is 0.573. The van der Waals surface area contributed by atoms with E-state index in [1.165, 1.54) is 11.3 Å². The number of ether oxygens (including phenoxy) is 3. The Morgan fingerprint density at radius 3 is 2.79 bits per heavy atom. The molecule has 3 aromatic rings. The Morgan fingerprint density at radius 2 is 2.03 bits per heavy atom. The fourth-order valence-electron chi connectivity index (χ4n) is 2.97. The van der Waals surface area contributed by atoms with Crippen molar-refractivity contribution in [3.8, 4) is 11.5 Å². The summed E-state index contributed by atoms with van der Waals surface area (Å²) >= 11 is 7.32. The van der Waals surface area contributed by atoms with E-state index in [4.69, 9.17) is 25.8 Å². The van der Waals surface area contributed by atoms with E-state index in [0.29, 0.717) is 40.0 Å². The minimum atomic E-state index is -0.413. The highest BCUT2D eigenvalue weighted by atomic mass is 35.5. The number of rotatable bonds is 5. The summed E-state index contributed by atoms with van der Waals surface area (Å²) < 4.78 is 18.6. The number of hydrogen-bond donors (Lipinski definition) is 0. The van der Waals surface area contributed by atoms with Gasteiger partial charge in [-0.2, -0.15) is 4.99 Å². The summed E-state index contributed by atoms with van der Waals surface area (Å²) in [6.07, 6.45) is 0.159. The van der Waals surface area contributed by atoms with Gasteiger partial charge in [-0.05, 0) is 25.1 Å². The molecule has 150 valence electrons. The van der Waals surface area contributed by atoms with Gasteiger partial charge in [0.25, 0.3) is 5.91 Å². The zero-order valence-electron chi connectivity index (χ0n) is 15.5. The lowest BCUT2D eigenvalue weighted by atomic mass is 10.2. The molecule has 0 spiro atoms. The van der Waals surface area contributed by atoms with Crippen LogP contribution in [0.3, 0.4) is 0 Å². The molecule has 9 heteroatoms. The van der Waals surface area contributed by atoms with Gasteiger partial charge >= 0.3 is 5.97 Å². The van der Waals surface area contributed by atoms with Crippen molar-refractivity contribution >= 4 is 45.0 Å². The fraction of sp³-hybridized carbons (Fsp3) is 0.250. The van der Waals surface area contributed by atoms with Crippen LogP contribution in [0.4, 0.5) is 0 Å². The first-order valence-electron chi connectivity index (χ1n) is 8.98. The predicted molar refractivity (Wildman–Crippen MR) is 109 cm³/mol. The maximum Gasteiger partial charge on any atom is 0.307 e. The molecule has 0 fully saturated rings. The lowest BCUT2D eigenvalue weighted by Crippen LogP contribution is -2.19. The van der Waals surface area contributed by atoms with Crippen molar-refractivity contribution < 1.29 is 23.8 Å². The predicted octanol–water partition coefficient (Wildman–Crippen LogP) is 3.78. The van der Waals surface area contributed by atoms with Crippen molar-refractivity contribution in [2.24, 2.45) is 4.99 Å². The number of nitrogens with zero attached hydrogens (tertiary/aromatic N) is 2. The molecule has 2 heterocycles. The van der Waals surface area contributed by atoms with Crippen molar-refractivity contribution in [3.05, 3.63) is 51.8 Å². The second kappa shape index (κ2) is 8.26. The molecule has 0 unspecified atom stereocenters. The number of aromatic nitrogens is 1. The van der Waals surface area contributed by atoms with Crippen molar-refractivity contribution in [1.82, 2.24) is 4.57 Å². The second-order valence-electron chi connectivity index (χ2n) is 6.19. The molecule has 1 aromatic heterocycles. The highest BCUT2D eigenvalue weighted by Gasteiger charge is 2.18. The molecular weight excluding hydrogens is 416 g/mol. The SMILES string of the molecule is CCOC(=O)CCn1c(=NC(=O)c2cccc(Cl)c2)sc2cc3c(cc21)OCO3. The molecule has 0 radical (unpaired) electrons. The molecule has 4 rings (SSSR count). The van der Waals surface area contributed by atoms with Gasteiger partial charge in [-0.1, -0.05) is 29.0 Å². The van der Waals surface area contributed by atoms with Crippen LogP contribution in [0.5, 0.6) is 11.5 Å². The first-order chi connectivity index (χ1) is 14.0. The van der Waals surface area contributed by atoms with E-state index in [9.17, 15) is 9.59 Å². The van der Waals surface area contributed by atoms with E-state index in [2.05, 4.69) is 4.99 Å². The monoisotopic (exact) mass is 432 g/mol. The first kappa shape index (κ1) is 19.5. The van der Waals surface area contributed by atoms with Crippen LogP contribution in [0, 0.1) is 0 Å². The minimum Gasteiger partial charge on any atom is -0.466 e. The Hall–Kier alpha value is -2.84. The molecule has 0 N–H and O–H groups in total. The smallest absolute Gasteiger partial charge is 0.307 e. The summed E-state index contributed by atoms with van der Waals surface area (Å²) in [6.45, 7) is 2.56. The van der Waals surface area contributed by atoms with Gasteiger partial charge in [0.15, 0.2) is 16.3 Å². The number of aryl methyl sites for hydroxylation is 1. The largest absolute Gasteiger partial charge is 0.466 e. The van der Waals surface area contributed by atoms with Gasteiger partial charge in [-0.25, -0.2) is 0 Å². The topological polar surface area (TPSA) is 79.1 Å². The van der Waals surface area contributed by atoms with Crippen LogP contribution < -0.4 is 14.3 Å². The fourth-order valence-corrected chi connectivity index (χ4v) is 4.23. The number of carbonyl (C=O) groups excluding carboxylic acids is 2. The first-order valence-corrected chi connectivity index (χ1v) is 10.2. The summed E-state index contributed by atoms with van der Waals surface area (Å²) in [5, 5.41) is 0.461. The van der Waals surface area contributed by atoms with Gasteiger partial charge in [0.1, 0.15) is 0 Å². The number of benzene rings is 2. The van der Waals surface area contributed by atoms with Gasteiger partial charge in [-0.3, -0.25) is 9.59 Å². The van der Waals surface area contributed by atoms with E-state index >= 15 is 0 Å². The molecule has 0 saturated heterocycles. The molecule has 7 nitrogen and oxygen atoms in total. The molecule has 0 aliphatic carbocycles. The molecule has 0 saturated carbocycles. The third kappa shape index (κ3) is 4.13. The van der Waals surface area contributed by atoms with Gasteiger partial charge in [0, 0.05) is 29.3 Å². The van der Waals surface area contributed by atoms with Crippen LogP contribution >= 0.6 is 22.9 Å². The summed E-state index contributed by atoms with van der Waals surface area (Å²) in [7, 11) is 0. The molecular formula is C20H17ClN2O5S. The number of hydrogen-bond acceptors (Lipinski definition) is 6. The summed E-state index contributed by atoms with van der Waals surface area (Å²) in [4.78, 5) is 29.3. The summed E-state index contributed by atoms with van der Waals surface area (Å²) in [6, 6.07) is 10.3. The number of amides is 1. The Bertz CT molecular complexity index is 1170. The lowest BCUT2D eigenvalue weighted by molar-refractivity contribution is -0.143. The molecule has 29 heavy (non-hydrogen) atoms. The number of esters is 1. The standard InChI is InChI=1S/C20H17ClN2O5S/c1-2-26-18(24)6-7-23-14-9-15-16(28-11-27-15)10-17(14)29-20(23)22-19(25)12-4-3-5-13(21)8-12/h3-5,8-10H,2,6-7,11H2,1H3. The van der Waals surface area contributed by atoms with Gasteiger partial charge in [-0.15, -0.1) is 0 Å². The minimum absolute atomic E-state index is 0.159. The molecule has 1 aliphatic heterocycles. The van der Waals surface area contributed by atoms with Gasteiger partial charge < -0.3 is 18.8 Å². The van der Waals surface area contributed by atoms with Crippen LogP contribution in [0.2, 0.25) is 5.02 Å². The van der Waals surface area contributed by atoms with Gasteiger partial charge in [0.05, 0.1) is 23.2 Å². The van der Waals surface area contributed by atoms with Crippen molar-refractivity contribution in [3.63, 3.8) is 0 Å². The van der Waals surface area contributed by atoms with Crippen LogP contribution in [0.15, 0.2) is 41.4 Å². The maximum atomic E-state index is 12.7. The Balaban J connectivity index is 1.78. The van der Waals surface area contributed by atoms with E-state index in [0.717, 1.165) is 10.2 Å². The van der Waals surface area contributed by atoms with Gasteiger partial charge in [0.2, 0.25) is 6.79 Å². The van der Waals surface area contributed by atoms with Crippen LogP contribution in [0.25, 0.3) is 10.2 Å². The van der Waals surface area contributed by atoms with E-state index in [-0.39, 0.29) is 19.2 Å². The number of halogens is 1. The van der Waals surface area contributed by atoms with Crippen molar-refractivity contribution in [2.75, 3.05) is 13.4 Å². The zero-order valence-corrected chi connectivity index (χ0v) is 17.1. The summed E-state index contributed by atoms with van der Waals surface area (Å²) in [5.41, 5.74) is 1.20. The lowest BCUT2D eigenvalue weighted by Gasteiger charge is -2.06. The average molecular weight is 433 g/mol. The third-order valence-electron chi connectivity index (χ3n) is 4.29.